The molecule has 2 aromatic carbocycles. The van der Waals surface area contributed by atoms with E-state index in [4.69, 9.17) is 9.84 Å². The largest absolute Gasteiger partial charge is 0.465 e. The predicted molar refractivity (Wildman–Crippen MR) is 118 cm³/mol. The van der Waals surface area contributed by atoms with Gasteiger partial charge in [-0.15, -0.1) is 0 Å². The van der Waals surface area contributed by atoms with Crippen LogP contribution in [0.5, 0.6) is 0 Å². The highest BCUT2D eigenvalue weighted by molar-refractivity contribution is 9.10. The first-order valence-electron chi connectivity index (χ1n) is 8.84. The first kappa shape index (κ1) is 23.9. The molecule has 2 aromatic rings. The molecule has 0 radical (unpaired) electrons. The molecule has 0 atom stereocenters. The SMILES string of the molecule is CC(C)(CO)c1ccc(Br)cc1.CCOC(=O)C(C)(C)c1ccc(Br)cc1. The summed E-state index contributed by atoms with van der Waals surface area (Å²) in [7, 11) is 0. The second-order valence-electron chi connectivity index (χ2n) is 7.40. The molecule has 0 heterocycles. The van der Waals surface area contributed by atoms with Gasteiger partial charge in [-0.05, 0) is 56.2 Å². The van der Waals surface area contributed by atoms with E-state index in [1.807, 2.05) is 83.1 Å². The number of carbonyl (C=O) groups excluding carboxylic acids is 1. The van der Waals surface area contributed by atoms with Gasteiger partial charge in [0.25, 0.3) is 0 Å². The maximum atomic E-state index is 11.7. The van der Waals surface area contributed by atoms with E-state index in [9.17, 15) is 4.79 Å². The molecule has 0 aliphatic rings. The van der Waals surface area contributed by atoms with Crippen LogP contribution in [0.2, 0.25) is 0 Å². The Morgan fingerprint density at radius 1 is 0.889 bits per heavy atom. The molecule has 0 aromatic heterocycles. The molecule has 0 spiro atoms. The van der Waals surface area contributed by atoms with Gasteiger partial charge in [-0.3, -0.25) is 4.79 Å². The highest BCUT2D eigenvalue weighted by Gasteiger charge is 2.31. The van der Waals surface area contributed by atoms with Crippen molar-refractivity contribution < 1.29 is 14.6 Å². The number of hydrogen-bond donors (Lipinski definition) is 1. The summed E-state index contributed by atoms with van der Waals surface area (Å²) in [5.41, 5.74) is 1.40. The van der Waals surface area contributed by atoms with Gasteiger partial charge < -0.3 is 9.84 Å². The Morgan fingerprint density at radius 2 is 1.30 bits per heavy atom. The van der Waals surface area contributed by atoms with Crippen molar-refractivity contribution in [3.8, 4) is 0 Å². The molecule has 148 valence electrons. The Kier molecular flexibility index (Phi) is 9.19. The summed E-state index contributed by atoms with van der Waals surface area (Å²) in [4.78, 5) is 11.7. The summed E-state index contributed by atoms with van der Waals surface area (Å²) in [6.07, 6.45) is 0. The lowest BCUT2D eigenvalue weighted by molar-refractivity contribution is -0.148. The van der Waals surface area contributed by atoms with E-state index in [1.165, 1.54) is 0 Å². The molecule has 0 saturated heterocycles. The molecular weight excluding hydrogens is 472 g/mol. The first-order chi connectivity index (χ1) is 12.5. The Balaban J connectivity index is 0.000000277. The smallest absolute Gasteiger partial charge is 0.315 e. The Bertz CT molecular complexity index is 720. The van der Waals surface area contributed by atoms with Crippen molar-refractivity contribution in [2.24, 2.45) is 0 Å². The third kappa shape index (κ3) is 7.05. The number of halogens is 2. The highest BCUT2D eigenvalue weighted by Crippen LogP contribution is 2.26. The predicted octanol–water partition coefficient (Wildman–Crippen LogP) is 6.01. The molecule has 0 bridgehead atoms. The van der Waals surface area contributed by atoms with Crippen LogP contribution in [0.1, 0.15) is 45.7 Å². The van der Waals surface area contributed by atoms with E-state index in [-0.39, 0.29) is 18.0 Å². The van der Waals surface area contributed by atoms with Crippen molar-refractivity contribution in [1.82, 2.24) is 0 Å². The molecule has 0 aliphatic carbocycles. The molecule has 0 amide bonds. The van der Waals surface area contributed by atoms with Crippen molar-refractivity contribution in [1.29, 1.82) is 0 Å². The zero-order chi connectivity index (χ0) is 20.7. The van der Waals surface area contributed by atoms with Crippen molar-refractivity contribution in [2.45, 2.75) is 45.4 Å². The maximum Gasteiger partial charge on any atom is 0.315 e. The third-order valence-corrected chi connectivity index (χ3v) is 5.43. The molecule has 0 aliphatic heterocycles. The number of esters is 1. The van der Waals surface area contributed by atoms with Crippen LogP contribution in [-0.4, -0.2) is 24.3 Å². The normalized spacial score (nSPS) is 11.4. The zero-order valence-corrected chi connectivity index (χ0v) is 19.7. The maximum absolute atomic E-state index is 11.7. The molecule has 0 fully saturated rings. The summed E-state index contributed by atoms with van der Waals surface area (Å²) in [6, 6.07) is 15.8. The van der Waals surface area contributed by atoms with Crippen molar-refractivity contribution in [2.75, 3.05) is 13.2 Å². The summed E-state index contributed by atoms with van der Waals surface area (Å²) >= 11 is 6.74. The van der Waals surface area contributed by atoms with Crippen LogP contribution < -0.4 is 0 Å². The fraction of sp³-hybridized carbons (Fsp3) is 0.409. The summed E-state index contributed by atoms with van der Waals surface area (Å²) in [6.45, 7) is 10.2. The second-order valence-corrected chi connectivity index (χ2v) is 9.23. The van der Waals surface area contributed by atoms with Crippen LogP contribution in [0.15, 0.2) is 57.5 Å². The summed E-state index contributed by atoms with van der Waals surface area (Å²) in [5, 5.41) is 9.11. The monoisotopic (exact) mass is 498 g/mol. The Morgan fingerprint density at radius 3 is 1.67 bits per heavy atom. The van der Waals surface area contributed by atoms with Crippen LogP contribution in [0.25, 0.3) is 0 Å². The second kappa shape index (κ2) is 10.4. The zero-order valence-electron chi connectivity index (χ0n) is 16.6. The standard InChI is InChI=1S/C12H15BrO2.C10H13BrO/c1-4-15-11(14)12(2,3)9-5-7-10(13)8-6-9;1-10(2,7-12)8-3-5-9(11)6-4-8/h5-8H,4H2,1-3H3;3-6,12H,7H2,1-2H3. The van der Waals surface area contributed by atoms with Gasteiger partial charge in [-0.25, -0.2) is 0 Å². The molecular formula is C22H28Br2O3. The number of ether oxygens (including phenoxy) is 1. The number of aliphatic hydroxyl groups is 1. The quantitative estimate of drug-likeness (QED) is 0.512. The van der Waals surface area contributed by atoms with Gasteiger partial charge in [-0.2, -0.15) is 0 Å². The van der Waals surface area contributed by atoms with Gasteiger partial charge in [0.05, 0.1) is 18.6 Å². The van der Waals surface area contributed by atoms with E-state index in [2.05, 4.69) is 31.9 Å². The topological polar surface area (TPSA) is 46.5 Å². The van der Waals surface area contributed by atoms with E-state index >= 15 is 0 Å². The van der Waals surface area contributed by atoms with Gasteiger partial charge in [0.15, 0.2) is 0 Å². The molecule has 0 saturated carbocycles. The number of benzene rings is 2. The van der Waals surface area contributed by atoms with Crippen LogP contribution in [-0.2, 0) is 20.4 Å². The number of rotatable bonds is 5. The summed E-state index contributed by atoms with van der Waals surface area (Å²) in [5.74, 6) is -0.188. The van der Waals surface area contributed by atoms with E-state index in [0.29, 0.717) is 6.61 Å². The van der Waals surface area contributed by atoms with Crippen molar-refractivity contribution in [3.63, 3.8) is 0 Å². The number of hydrogen-bond acceptors (Lipinski definition) is 3. The lowest BCUT2D eigenvalue weighted by Gasteiger charge is -2.22. The molecule has 2 rings (SSSR count). The van der Waals surface area contributed by atoms with Gasteiger partial charge in [0, 0.05) is 14.4 Å². The van der Waals surface area contributed by atoms with Gasteiger partial charge in [0.2, 0.25) is 0 Å². The van der Waals surface area contributed by atoms with Crippen LogP contribution in [0.4, 0.5) is 0 Å². The fourth-order valence-corrected chi connectivity index (χ4v) is 2.82. The van der Waals surface area contributed by atoms with Gasteiger partial charge in [-0.1, -0.05) is 70.0 Å². The van der Waals surface area contributed by atoms with Crippen molar-refractivity contribution in [3.05, 3.63) is 68.6 Å². The Labute approximate surface area is 179 Å². The third-order valence-electron chi connectivity index (χ3n) is 4.37. The van der Waals surface area contributed by atoms with Crippen molar-refractivity contribution >= 4 is 37.8 Å². The minimum absolute atomic E-state index is 0.138. The van der Waals surface area contributed by atoms with E-state index < -0.39 is 5.41 Å². The highest BCUT2D eigenvalue weighted by atomic mass is 79.9. The van der Waals surface area contributed by atoms with Gasteiger partial charge in [0.1, 0.15) is 0 Å². The first-order valence-corrected chi connectivity index (χ1v) is 10.4. The average Bonchev–Trinajstić information content (AvgIpc) is 2.63. The molecule has 0 unspecified atom stereocenters. The summed E-state index contributed by atoms with van der Waals surface area (Å²) < 4.78 is 7.12. The molecule has 3 nitrogen and oxygen atoms in total. The number of carbonyl (C=O) groups is 1. The molecule has 1 N–H and O–H groups in total. The van der Waals surface area contributed by atoms with E-state index in [1.54, 1.807) is 0 Å². The van der Waals surface area contributed by atoms with Crippen LogP contribution in [0, 0.1) is 0 Å². The average molecular weight is 500 g/mol. The van der Waals surface area contributed by atoms with E-state index in [0.717, 1.165) is 20.1 Å². The van der Waals surface area contributed by atoms with Crippen LogP contribution in [0.3, 0.4) is 0 Å². The minimum atomic E-state index is -0.587. The lowest BCUT2D eigenvalue weighted by Crippen LogP contribution is -2.31. The number of aliphatic hydroxyl groups excluding tert-OH is 1. The van der Waals surface area contributed by atoms with Gasteiger partial charge >= 0.3 is 5.97 Å². The lowest BCUT2D eigenvalue weighted by atomic mass is 9.85. The molecule has 5 heteroatoms. The molecule has 27 heavy (non-hydrogen) atoms. The fourth-order valence-electron chi connectivity index (χ4n) is 2.29. The van der Waals surface area contributed by atoms with Crippen LogP contribution >= 0.6 is 31.9 Å². The Hall–Kier alpha value is -1.17. The minimum Gasteiger partial charge on any atom is -0.465 e.